The summed E-state index contributed by atoms with van der Waals surface area (Å²) >= 11 is 0. The van der Waals surface area contributed by atoms with E-state index in [0.717, 1.165) is 26.1 Å². The van der Waals surface area contributed by atoms with Gasteiger partial charge in [0.15, 0.2) is 0 Å². The van der Waals surface area contributed by atoms with E-state index in [1.165, 1.54) is 6.20 Å². The van der Waals surface area contributed by atoms with Gasteiger partial charge in [-0.3, -0.25) is 9.78 Å². The van der Waals surface area contributed by atoms with E-state index in [1.807, 2.05) is 0 Å². The Morgan fingerprint density at radius 3 is 2.84 bits per heavy atom. The Morgan fingerprint density at radius 1 is 1.42 bits per heavy atom. The number of carbonyl (C=O) groups excluding carboxylic acids is 1. The molecule has 0 radical (unpaired) electrons. The second kappa shape index (κ2) is 5.97. The Balaban J connectivity index is 1.93. The van der Waals surface area contributed by atoms with Gasteiger partial charge in [0.2, 0.25) is 0 Å². The van der Waals surface area contributed by atoms with Crippen LogP contribution in [0.4, 0.5) is 5.82 Å². The number of anilines is 1. The van der Waals surface area contributed by atoms with E-state index in [0.29, 0.717) is 18.1 Å². The summed E-state index contributed by atoms with van der Waals surface area (Å²) in [6.07, 6.45) is 4.99. The largest absolute Gasteiger partial charge is 0.381 e. The molecule has 2 heterocycles. The Kier molecular flexibility index (Phi) is 4.31. The van der Waals surface area contributed by atoms with Gasteiger partial charge in [0.1, 0.15) is 11.5 Å². The van der Waals surface area contributed by atoms with Crippen LogP contribution >= 0.6 is 0 Å². The van der Waals surface area contributed by atoms with Crippen molar-refractivity contribution in [1.82, 2.24) is 15.3 Å². The molecule has 0 aliphatic carbocycles. The molecular formula is C13H20N4O2. The predicted octanol–water partition coefficient (Wildman–Crippen LogP) is 1.06. The highest BCUT2D eigenvalue weighted by Gasteiger charge is 2.28. The molecule has 2 rings (SSSR count). The maximum atomic E-state index is 12.0. The number of nitrogens with one attached hydrogen (secondary N) is 2. The van der Waals surface area contributed by atoms with Crippen LogP contribution < -0.4 is 10.6 Å². The first-order valence-electron chi connectivity index (χ1n) is 6.49. The zero-order chi connectivity index (χ0) is 13.7. The maximum Gasteiger partial charge on any atom is 0.271 e. The standard InChI is InChI=1S/C13H20N4O2/c1-13(3-5-19-6-4-13)9-16-12(18)10-7-15-8-11(14-2)17-10/h7-8H,3-6,9H2,1-2H3,(H,14,17)(H,16,18). The van der Waals surface area contributed by atoms with Crippen LogP contribution in [0.1, 0.15) is 30.3 Å². The average molecular weight is 264 g/mol. The summed E-state index contributed by atoms with van der Waals surface area (Å²) in [5, 5.41) is 5.80. The van der Waals surface area contributed by atoms with E-state index in [2.05, 4.69) is 27.5 Å². The zero-order valence-corrected chi connectivity index (χ0v) is 11.4. The fourth-order valence-corrected chi connectivity index (χ4v) is 2.02. The molecule has 6 heteroatoms. The molecule has 2 N–H and O–H groups in total. The van der Waals surface area contributed by atoms with E-state index in [-0.39, 0.29) is 11.3 Å². The third kappa shape index (κ3) is 3.64. The van der Waals surface area contributed by atoms with Crippen LogP contribution in [0.15, 0.2) is 12.4 Å². The van der Waals surface area contributed by atoms with Crippen molar-refractivity contribution in [2.75, 3.05) is 32.1 Å². The average Bonchev–Trinajstić information content (AvgIpc) is 2.46. The fourth-order valence-electron chi connectivity index (χ4n) is 2.02. The minimum absolute atomic E-state index is 0.113. The highest BCUT2D eigenvalue weighted by Crippen LogP contribution is 2.28. The number of hydrogen-bond acceptors (Lipinski definition) is 5. The molecule has 0 aromatic carbocycles. The van der Waals surface area contributed by atoms with Crippen molar-refractivity contribution in [2.24, 2.45) is 5.41 Å². The van der Waals surface area contributed by atoms with Gasteiger partial charge in [-0.05, 0) is 18.3 Å². The van der Waals surface area contributed by atoms with Gasteiger partial charge in [0.05, 0.1) is 12.4 Å². The lowest BCUT2D eigenvalue weighted by atomic mass is 9.82. The van der Waals surface area contributed by atoms with Gasteiger partial charge < -0.3 is 15.4 Å². The van der Waals surface area contributed by atoms with E-state index in [9.17, 15) is 4.79 Å². The van der Waals surface area contributed by atoms with Crippen LogP contribution in [0.25, 0.3) is 0 Å². The molecule has 0 spiro atoms. The van der Waals surface area contributed by atoms with Gasteiger partial charge in [-0.2, -0.15) is 0 Å². The summed E-state index contributed by atoms with van der Waals surface area (Å²) in [6.45, 7) is 4.34. The van der Waals surface area contributed by atoms with Gasteiger partial charge >= 0.3 is 0 Å². The van der Waals surface area contributed by atoms with Crippen molar-refractivity contribution < 1.29 is 9.53 Å². The summed E-state index contributed by atoms with van der Waals surface area (Å²) in [5.41, 5.74) is 0.449. The molecule has 104 valence electrons. The number of amides is 1. The van der Waals surface area contributed by atoms with Crippen LogP contribution in [-0.4, -0.2) is 42.7 Å². The summed E-state index contributed by atoms with van der Waals surface area (Å²) in [4.78, 5) is 20.2. The third-order valence-corrected chi connectivity index (χ3v) is 3.50. The number of nitrogens with zero attached hydrogens (tertiary/aromatic N) is 2. The molecule has 1 amide bonds. The molecule has 0 saturated carbocycles. The lowest BCUT2D eigenvalue weighted by Crippen LogP contribution is -2.39. The van der Waals surface area contributed by atoms with Gasteiger partial charge in [0.25, 0.3) is 5.91 Å². The normalized spacial score (nSPS) is 17.8. The topological polar surface area (TPSA) is 76.1 Å². The molecule has 19 heavy (non-hydrogen) atoms. The van der Waals surface area contributed by atoms with Crippen molar-refractivity contribution in [3.8, 4) is 0 Å². The molecule has 1 saturated heterocycles. The van der Waals surface area contributed by atoms with E-state index in [4.69, 9.17) is 4.74 Å². The number of carbonyl (C=O) groups is 1. The first kappa shape index (κ1) is 13.7. The smallest absolute Gasteiger partial charge is 0.271 e. The number of aromatic nitrogens is 2. The van der Waals surface area contributed by atoms with Gasteiger partial charge in [-0.15, -0.1) is 0 Å². The minimum atomic E-state index is -0.183. The van der Waals surface area contributed by atoms with Crippen molar-refractivity contribution in [3.05, 3.63) is 18.1 Å². The summed E-state index contributed by atoms with van der Waals surface area (Å²) in [5.74, 6) is 0.405. The van der Waals surface area contributed by atoms with Crippen LogP contribution in [0.5, 0.6) is 0 Å². The zero-order valence-electron chi connectivity index (χ0n) is 11.4. The monoisotopic (exact) mass is 264 g/mol. The summed E-state index contributed by atoms with van der Waals surface area (Å²) in [6, 6.07) is 0. The SMILES string of the molecule is CNc1cncc(C(=O)NCC2(C)CCOCC2)n1. The second-order valence-electron chi connectivity index (χ2n) is 5.15. The first-order chi connectivity index (χ1) is 9.13. The Morgan fingerprint density at radius 2 is 2.16 bits per heavy atom. The van der Waals surface area contributed by atoms with Crippen molar-refractivity contribution in [2.45, 2.75) is 19.8 Å². The van der Waals surface area contributed by atoms with Crippen molar-refractivity contribution in [3.63, 3.8) is 0 Å². The number of ether oxygens (including phenoxy) is 1. The van der Waals surface area contributed by atoms with Gasteiger partial charge in [0, 0.05) is 26.8 Å². The molecule has 1 aliphatic rings. The lowest BCUT2D eigenvalue weighted by molar-refractivity contribution is 0.0238. The quantitative estimate of drug-likeness (QED) is 0.850. The molecule has 1 fully saturated rings. The van der Waals surface area contributed by atoms with Crippen LogP contribution in [0.3, 0.4) is 0 Å². The summed E-state index contributed by atoms with van der Waals surface area (Å²) < 4.78 is 5.34. The Hall–Kier alpha value is -1.69. The van der Waals surface area contributed by atoms with E-state index < -0.39 is 0 Å². The molecule has 6 nitrogen and oxygen atoms in total. The lowest BCUT2D eigenvalue weighted by Gasteiger charge is -2.33. The van der Waals surface area contributed by atoms with Crippen molar-refractivity contribution >= 4 is 11.7 Å². The maximum absolute atomic E-state index is 12.0. The molecule has 0 atom stereocenters. The number of rotatable bonds is 4. The van der Waals surface area contributed by atoms with Crippen LogP contribution in [0.2, 0.25) is 0 Å². The number of hydrogen-bond donors (Lipinski definition) is 2. The van der Waals surface area contributed by atoms with E-state index >= 15 is 0 Å². The summed E-state index contributed by atoms with van der Waals surface area (Å²) in [7, 11) is 1.74. The van der Waals surface area contributed by atoms with Crippen LogP contribution in [0, 0.1) is 5.41 Å². The fraction of sp³-hybridized carbons (Fsp3) is 0.615. The molecule has 1 aliphatic heterocycles. The molecule has 0 bridgehead atoms. The highest BCUT2D eigenvalue weighted by molar-refractivity contribution is 5.92. The molecule has 1 aromatic heterocycles. The van der Waals surface area contributed by atoms with Gasteiger partial charge in [-0.25, -0.2) is 4.98 Å². The van der Waals surface area contributed by atoms with Crippen molar-refractivity contribution in [1.29, 1.82) is 0 Å². The molecular weight excluding hydrogens is 244 g/mol. The second-order valence-corrected chi connectivity index (χ2v) is 5.15. The predicted molar refractivity (Wildman–Crippen MR) is 72.1 cm³/mol. The highest BCUT2D eigenvalue weighted by atomic mass is 16.5. The van der Waals surface area contributed by atoms with Gasteiger partial charge in [-0.1, -0.05) is 6.92 Å². The Bertz CT molecular complexity index is 444. The molecule has 1 aromatic rings. The van der Waals surface area contributed by atoms with Crippen LogP contribution in [-0.2, 0) is 4.74 Å². The van der Waals surface area contributed by atoms with E-state index in [1.54, 1.807) is 13.2 Å². The minimum Gasteiger partial charge on any atom is -0.381 e. The first-order valence-corrected chi connectivity index (χ1v) is 6.49. The third-order valence-electron chi connectivity index (χ3n) is 3.50. The Labute approximate surface area is 113 Å². The molecule has 0 unspecified atom stereocenters.